The van der Waals surface area contributed by atoms with Gasteiger partial charge in [-0.25, -0.2) is 19.2 Å². The lowest BCUT2D eigenvalue weighted by Gasteiger charge is -2.24. The first-order valence-corrected chi connectivity index (χ1v) is 24.3. The van der Waals surface area contributed by atoms with Crippen LogP contribution >= 0.6 is 35.6 Å². The number of hydrogen-bond acceptors (Lipinski definition) is 14. The van der Waals surface area contributed by atoms with Gasteiger partial charge in [-0.2, -0.15) is 0 Å². The predicted molar refractivity (Wildman–Crippen MR) is 308 cm³/mol. The highest BCUT2D eigenvalue weighted by atomic mass is 35.5. The highest BCUT2D eigenvalue weighted by Gasteiger charge is 2.33. The molecule has 432 valence electrons. The summed E-state index contributed by atoms with van der Waals surface area (Å²) in [5.74, 6) is -0.731. The van der Waals surface area contributed by atoms with Crippen molar-refractivity contribution in [3.8, 4) is 11.5 Å². The summed E-state index contributed by atoms with van der Waals surface area (Å²) in [6.45, 7) is 10.7. The Balaban J connectivity index is -0.00000131. The Morgan fingerprint density at radius 1 is 0.597 bits per heavy atom. The van der Waals surface area contributed by atoms with E-state index in [9.17, 15) is 28.8 Å². The maximum Gasteiger partial charge on any atom is 0.412 e. The minimum atomic E-state index is -1.30. The first-order valence-electron chi connectivity index (χ1n) is 25.2. The smallest absolute Gasteiger partial charge is 0.412 e. The van der Waals surface area contributed by atoms with Crippen LogP contribution < -0.4 is 31.2 Å². The first kappa shape index (κ1) is 70.7. The van der Waals surface area contributed by atoms with Crippen molar-refractivity contribution in [1.82, 2.24) is 25.8 Å². The number of rotatable bonds is 25. The number of hydrogen-bond donors (Lipinski definition) is 4. The number of amides is 4. The fourth-order valence-electron chi connectivity index (χ4n) is 6.01. The van der Waals surface area contributed by atoms with E-state index in [0.29, 0.717) is 91.6 Å². The summed E-state index contributed by atoms with van der Waals surface area (Å²) in [5, 5.41) is 9.88. The van der Waals surface area contributed by atoms with Gasteiger partial charge in [0.15, 0.2) is 11.2 Å². The molecule has 4 aromatic carbocycles. The second kappa shape index (κ2) is 40.0. The van der Waals surface area contributed by atoms with Gasteiger partial charge in [-0.05, 0) is 157 Å². The van der Waals surface area contributed by atoms with Crippen molar-refractivity contribution in [3.05, 3.63) is 129 Å². The molecule has 21 heteroatoms. The molecule has 0 aliphatic heterocycles. The van der Waals surface area contributed by atoms with Gasteiger partial charge < -0.3 is 59.9 Å². The second-order valence-corrected chi connectivity index (χ2v) is 17.8. The fourth-order valence-corrected chi connectivity index (χ4v) is 6.26. The van der Waals surface area contributed by atoms with Crippen LogP contribution in [0.2, 0.25) is 10.0 Å². The second-order valence-electron chi connectivity index (χ2n) is 16.9. The molecule has 4 aromatic rings. The third-order valence-electron chi connectivity index (χ3n) is 10.2. The summed E-state index contributed by atoms with van der Waals surface area (Å²) in [4.78, 5) is 75.6. The molecule has 0 aliphatic rings. The van der Waals surface area contributed by atoms with Gasteiger partial charge in [-0.3, -0.25) is 9.59 Å². The number of esters is 2. The summed E-state index contributed by atoms with van der Waals surface area (Å²) < 4.78 is 43.5. The molecule has 0 atom stereocenters. The Kier molecular flexibility index (Phi) is 36.7. The Morgan fingerprint density at radius 3 is 1.26 bits per heavy atom. The van der Waals surface area contributed by atoms with E-state index in [1.54, 1.807) is 122 Å². The first-order chi connectivity index (χ1) is 36.2. The number of halogens is 3. The largest absolute Gasteiger partial charge is 0.476 e. The number of nitrogens with zero attached hydrogens (tertiary/aromatic N) is 2. The molecule has 0 bridgehead atoms. The Hall–Kier alpha value is -6.31. The molecule has 0 saturated heterocycles. The molecule has 18 nitrogen and oxygen atoms in total. The van der Waals surface area contributed by atoms with Crippen LogP contribution in [-0.4, -0.2) is 131 Å². The summed E-state index contributed by atoms with van der Waals surface area (Å²) in [5.41, 5.74) is 5.88. The zero-order chi connectivity index (χ0) is 57.1. The molecule has 0 heterocycles. The average Bonchev–Trinajstić information content (AvgIpc) is 3.39. The van der Waals surface area contributed by atoms with Gasteiger partial charge >= 0.3 is 24.1 Å². The van der Waals surface area contributed by atoms with Gasteiger partial charge in [-0.1, -0.05) is 83.5 Å². The minimum Gasteiger partial charge on any atom is -0.476 e. The van der Waals surface area contributed by atoms with Gasteiger partial charge in [0.25, 0.3) is 11.8 Å². The molecule has 0 saturated carbocycles. The van der Waals surface area contributed by atoms with E-state index in [2.05, 4.69) is 16.0 Å². The van der Waals surface area contributed by atoms with E-state index in [4.69, 9.17) is 60.1 Å². The van der Waals surface area contributed by atoms with E-state index < -0.39 is 48.9 Å². The summed E-state index contributed by atoms with van der Waals surface area (Å²) in [6, 6.07) is 27.7. The van der Waals surface area contributed by atoms with Crippen LogP contribution in [0.1, 0.15) is 111 Å². The van der Waals surface area contributed by atoms with E-state index >= 15 is 0 Å². The van der Waals surface area contributed by atoms with Crippen molar-refractivity contribution in [3.63, 3.8) is 0 Å². The van der Waals surface area contributed by atoms with Gasteiger partial charge in [-0.15, -0.1) is 12.4 Å². The topological polar surface area (TPSA) is 226 Å². The highest BCUT2D eigenvalue weighted by molar-refractivity contribution is 6.31. The summed E-state index contributed by atoms with van der Waals surface area (Å²) in [6.07, 6.45) is 1.49. The Morgan fingerprint density at radius 2 is 0.935 bits per heavy atom. The van der Waals surface area contributed by atoms with E-state index in [1.165, 1.54) is 17.2 Å². The summed E-state index contributed by atoms with van der Waals surface area (Å²) >= 11 is 11.7. The Bertz CT molecular complexity index is 2340. The predicted octanol–water partition coefficient (Wildman–Crippen LogP) is 10.4. The number of ether oxygens (including phenoxy) is 6. The van der Waals surface area contributed by atoms with Crippen LogP contribution in [0, 0.1) is 0 Å². The van der Waals surface area contributed by atoms with Gasteiger partial charge in [0.1, 0.15) is 11.5 Å². The van der Waals surface area contributed by atoms with Crippen molar-refractivity contribution in [1.29, 1.82) is 0 Å². The minimum absolute atomic E-state index is 0. The molecule has 0 aromatic heterocycles. The molecule has 77 heavy (non-hydrogen) atoms. The zero-order valence-electron chi connectivity index (χ0n) is 46.5. The lowest BCUT2D eigenvalue weighted by atomic mass is 10.1. The van der Waals surface area contributed by atoms with E-state index in [-0.39, 0.29) is 39.1 Å². The van der Waals surface area contributed by atoms with E-state index in [1.807, 2.05) is 31.3 Å². The molecule has 0 spiro atoms. The standard InChI is InChI=1S/C26H34ClN3O6.C25H32ClN3O6.C2H6.3CH4.ClH/c1-26(2,24(32)34-18-35-25(33)30(4)17-5-15-28-3)36-22-12-6-19(7-13-22)14-16-29-23(31)20-8-10-21(27)11-9-20;1-25(2,23(31)33-17-34-24(32)29(3)16-4-14-27)35-21-11-5-18(6-12-21)13-15-28-22(30)19-7-9-20(26)10-8-19;1-2;;;;/h6-13,28H,5,14-18H2,1-4H3,(H,29,31);5-12H,4,13-17,27H2,1-3H3,(H,28,30);1-2H3;3*1H4;1H/i;;1D;1T;;;. The van der Waals surface area contributed by atoms with Crippen molar-refractivity contribution in [2.45, 2.75) is 101 Å². The lowest BCUT2D eigenvalue weighted by Crippen LogP contribution is -2.40. The van der Waals surface area contributed by atoms with Gasteiger partial charge in [0.2, 0.25) is 13.6 Å². The van der Waals surface area contributed by atoms with Crippen LogP contribution in [0.15, 0.2) is 97.1 Å². The van der Waals surface area contributed by atoms with Crippen LogP contribution in [0.5, 0.6) is 11.5 Å². The molecule has 0 radical (unpaired) electrons. The third kappa shape index (κ3) is 29.1. The summed E-state index contributed by atoms with van der Waals surface area (Å²) in [7, 11) is 6.27. The molecule has 5 N–H and O–H groups in total. The lowest BCUT2D eigenvalue weighted by molar-refractivity contribution is -0.168. The molecule has 0 unspecified atom stereocenters. The van der Waals surface area contributed by atoms with Crippen LogP contribution in [0.4, 0.5) is 9.59 Å². The van der Waals surface area contributed by atoms with Crippen LogP contribution in [-0.2, 0) is 41.4 Å². The molecule has 4 rings (SSSR count). The number of benzene rings is 4. The van der Waals surface area contributed by atoms with Gasteiger partial charge in [0, 0.05) is 64.2 Å². The van der Waals surface area contributed by atoms with Crippen LogP contribution in [0.25, 0.3) is 0 Å². The third-order valence-corrected chi connectivity index (χ3v) is 10.7. The fraction of sp³-hybridized carbons (Fsp3) is 0.464. The molecular weight excluding hydrogens is 1060 g/mol. The molecule has 0 aliphatic carbocycles. The maximum atomic E-state index is 12.4. The van der Waals surface area contributed by atoms with Crippen molar-refractivity contribution < 1.29 is 59.9 Å². The molecule has 4 amide bonds. The normalized spacial score (nSPS) is 10.4. The highest BCUT2D eigenvalue weighted by Crippen LogP contribution is 2.22. The quantitative estimate of drug-likeness (QED) is 0.0275. The van der Waals surface area contributed by atoms with Crippen LogP contribution in [0.3, 0.4) is 0 Å². The van der Waals surface area contributed by atoms with Crippen molar-refractivity contribution in [2.75, 3.05) is 74.0 Å². The maximum absolute atomic E-state index is 12.4. The molecule has 0 fully saturated rings. The Labute approximate surface area is 476 Å². The van der Waals surface area contributed by atoms with Crippen molar-refractivity contribution >= 4 is 71.5 Å². The van der Waals surface area contributed by atoms with Crippen molar-refractivity contribution in [2.24, 2.45) is 5.73 Å². The average molecular weight is 1140 g/mol. The number of carbonyl (C=O) groups is 6. The monoisotopic (exact) mass is 1140 g/mol. The van der Waals surface area contributed by atoms with Gasteiger partial charge in [0.05, 0.1) is 0 Å². The SMILES string of the molecule is C.C.CN(CCCN)C(=O)OCOC(=O)C(C)(C)Oc1ccc(CCNC(=O)c2ccc(Cl)cc2)cc1.CNCCCN(C)C(=O)OCOC(=O)C(C)(C)Oc1ccc(CCNC(=O)c2ccc(Cl)cc2)cc1.Cl.[2H]CC.[3H]C. The zero-order valence-corrected chi connectivity index (χ0v) is 46.8. The number of nitrogens with two attached hydrogens (primary N) is 1. The number of nitrogens with one attached hydrogen (secondary N) is 3. The van der Waals surface area contributed by atoms with E-state index in [0.717, 1.165) is 24.1 Å². The number of carbonyl (C=O) groups excluding carboxylic acids is 6. The molecular formula is C56H85Cl3N6O12.